The molecule has 1 aromatic heterocycles. The van der Waals surface area contributed by atoms with Crippen LogP contribution in [-0.4, -0.2) is 16.0 Å². The molecule has 0 aliphatic carbocycles. The molecule has 0 saturated carbocycles. The van der Waals surface area contributed by atoms with Crippen molar-refractivity contribution in [2.45, 2.75) is 12.8 Å². The maximum Gasteiger partial charge on any atom is 0.227 e. The van der Waals surface area contributed by atoms with Crippen molar-refractivity contribution in [3.8, 4) is 11.4 Å². The average Bonchev–Trinajstić information content (AvgIpc) is 3.16. The summed E-state index contributed by atoms with van der Waals surface area (Å²) < 4.78 is 5.33. The van der Waals surface area contributed by atoms with Crippen molar-refractivity contribution in [2.24, 2.45) is 0 Å². The van der Waals surface area contributed by atoms with Crippen LogP contribution in [0.2, 0.25) is 0 Å². The molecular formula is C21H17N3O2. The van der Waals surface area contributed by atoms with E-state index >= 15 is 0 Å². The Morgan fingerprint density at radius 3 is 2.58 bits per heavy atom. The maximum atomic E-state index is 12.0. The summed E-state index contributed by atoms with van der Waals surface area (Å²) >= 11 is 0. The molecule has 0 unspecified atom stereocenters. The van der Waals surface area contributed by atoms with Gasteiger partial charge in [0, 0.05) is 24.1 Å². The van der Waals surface area contributed by atoms with E-state index in [2.05, 4.69) is 15.5 Å². The van der Waals surface area contributed by atoms with Crippen LogP contribution in [0.3, 0.4) is 0 Å². The summed E-state index contributed by atoms with van der Waals surface area (Å²) in [6.45, 7) is 0. The van der Waals surface area contributed by atoms with Gasteiger partial charge in [-0.1, -0.05) is 65.8 Å². The fourth-order valence-electron chi connectivity index (χ4n) is 2.85. The topological polar surface area (TPSA) is 68.0 Å². The van der Waals surface area contributed by atoms with Gasteiger partial charge in [0.2, 0.25) is 17.6 Å². The molecule has 1 amide bonds. The fourth-order valence-corrected chi connectivity index (χ4v) is 2.85. The van der Waals surface area contributed by atoms with Crippen LogP contribution in [0.4, 0.5) is 5.69 Å². The molecule has 1 N–H and O–H groups in total. The highest BCUT2D eigenvalue weighted by Crippen LogP contribution is 2.26. The van der Waals surface area contributed by atoms with E-state index in [1.807, 2.05) is 72.8 Å². The van der Waals surface area contributed by atoms with Gasteiger partial charge >= 0.3 is 0 Å². The zero-order valence-electron chi connectivity index (χ0n) is 14.1. The first-order valence-corrected chi connectivity index (χ1v) is 8.45. The van der Waals surface area contributed by atoms with Gasteiger partial charge in [0.15, 0.2) is 0 Å². The van der Waals surface area contributed by atoms with Crippen molar-refractivity contribution in [3.05, 3.63) is 78.7 Å². The van der Waals surface area contributed by atoms with Crippen LogP contribution < -0.4 is 5.32 Å². The highest BCUT2D eigenvalue weighted by atomic mass is 16.5. The van der Waals surface area contributed by atoms with Crippen LogP contribution >= 0.6 is 0 Å². The average molecular weight is 343 g/mol. The molecule has 0 aliphatic heterocycles. The molecule has 5 heteroatoms. The highest BCUT2D eigenvalue weighted by molar-refractivity contribution is 5.95. The van der Waals surface area contributed by atoms with Gasteiger partial charge in [-0.3, -0.25) is 4.79 Å². The first-order chi connectivity index (χ1) is 12.8. The zero-order chi connectivity index (χ0) is 17.8. The number of nitrogens with one attached hydrogen (secondary N) is 1. The van der Waals surface area contributed by atoms with E-state index in [4.69, 9.17) is 4.52 Å². The van der Waals surface area contributed by atoms with Crippen LogP contribution in [0.5, 0.6) is 0 Å². The molecule has 1 heterocycles. The lowest BCUT2D eigenvalue weighted by Crippen LogP contribution is -2.12. The molecule has 0 atom stereocenters. The summed E-state index contributed by atoms with van der Waals surface area (Å²) in [7, 11) is 0. The number of fused-ring (bicyclic) bond motifs is 1. The van der Waals surface area contributed by atoms with Crippen LogP contribution in [0.15, 0.2) is 77.3 Å². The monoisotopic (exact) mass is 343 g/mol. The molecule has 3 aromatic carbocycles. The quantitative estimate of drug-likeness (QED) is 0.581. The third-order valence-corrected chi connectivity index (χ3v) is 4.12. The van der Waals surface area contributed by atoms with Crippen LogP contribution in [0.1, 0.15) is 12.3 Å². The van der Waals surface area contributed by atoms with E-state index in [0.29, 0.717) is 18.1 Å². The number of anilines is 1. The minimum Gasteiger partial charge on any atom is -0.339 e. The minimum atomic E-state index is -0.0823. The summed E-state index contributed by atoms with van der Waals surface area (Å²) in [6.07, 6.45) is 0.683. The van der Waals surface area contributed by atoms with Gasteiger partial charge in [0.25, 0.3) is 0 Å². The Hall–Kier alpha value is -3.47. The highest BCUT2D eigenvalue weighted by Gasteiger charge is 2.12. The Morgan fingerprint density at radius 2 is 1.69 bits per heavy atom. The molecule has 0 spiro atoms. The largest absolute Gasteiger partial charge is 0.339 e. The van der Waals surface area contributed by atoms with E-state index in [1.165, 1.54) is 0 Å². The Balaban J connectivity index is 1.45. The molecule has 4 aromatic rings. The Morgan fingerprint density at radius 1 is 0.923 bits per heavy atom. The summed E-state index contributed by atoms with van der Waals surface area (Å²) in [5.74, 6) is 0.914. The van der Waals surface area contributed by atoms with Gasteiger partial charge in [-0.2, -0.15) is 4.98 Å². The number of aryl methyl sites for hydroxylation is 1. The number of amides is 1. The van der Waals surface area contributed by atoms with Crippen molar-refractivity contribution in [3.63, 3.8) is 0 Å². The number of hydrogen-bond donors (Lipinski definition) is 1. The molecule has 0 bridgehead atoms. The molecule has 0 radical (unpaired) electrons. The predicted octanol–water partition coefficient (Wildman–Crippen LogP) is 4.46. The number of carbonyl (C=O) groups is 1. The number of nitrogens with zero attached hydrogens (tertiary/aromatic N) is 2. The summed E-state index contributed by atoms with van der Waals surface area (Å²) in [6, 6.07) is 23.4. The molecule has 0 aliphatic rings. The molecule has 4 rings (SSSR count). The lowest BCUT2D eigenvalue weighted by molar-refractivity contribution is -0.116. The maximum absolute atomic E-state index is 12.0. The standard InChI is InChI=1S/C21H17N3O2/c25-19(22-16-9-2-1-3-10-16)13-14-20-23-21(24-26-20)18-12-6-8-15-7-4-5-11-17(15)18/h1-12H,13-14H2,(H,22,25). The van der Waals surface area contributed by atoms with Crippen molar-refractivity contribution in [1.82, 2.24) is 10.1 Å². The van der Waals surface area contributed by atoms with Crippen molar-refractivity contribution < 1.29 is 9.32 Å². The van der Waals surface area contributed by atoms with Crippen molar-refractivity contribution >= 4 is 22.4 Å². The van der Waals surface area contributed by atoms with Crippen molar-refractivity contribution in [2.75, 3.05) is 5.32 Å². The zero-order valence-corrected chi connectivity index (χ0v) is 14.1. The van der Waals surface area contributed by atoms with Gasteiger partial charge in [-0.05, 0) is 22.9 Å². The molecule has 0 fully saturated rings. The van der Waals surface area contributed by atoms with Gasteiger partial charge in [-0.25, -0.2) is 0 Å². The lowest BCUT2D eigenvalue weighted by atomic mass is 10.0. The lowest BCUT2D eigenvalue weighted by Gasteiger charge is -2.03. The third kappa shape index (κ3) is 3.47. The van der Waals surface area contributed by atoms with E-state index in [-0.39, 0.29) is 12.3 Å². The number of benzene rings is 3. The second kappa shape index (κ2) is 7.19. The number of aromatic nitrogens is 2. The Kier molecular flexibility index (Phi) is 4.43. The fraction of sp³-hybridized carbons (Fsp3) is 0.0952. The first-order valence-electron chi connectivity index (χ1n) is 8.45. The Bertz CT molecular complexity index is 1040. The molecule has 128 valence electrons. The van der Waals surface area contributed by atoms with Gasteiger partial charge in [0.05, 0.1) is 0 Å². The van der Waals surface area contributed by atoms with E-state index in [0.717, 1.165) is 22.0 Å². The van der Waals surface area contributed by atoms with Gasteiger partial charge < -0.3 is 9.84 Å². The predicted molar refractivity (Wildman–Crippen MR) is 101 cm³/mol. The molecular weight excluding hydrogens is 326 g/mol. The second-order valence-electron chi connectivity index (χ2n) is 5.95. The Labute approximate surface area is 150 Å². The first kappa shape index (κ1) is 16.0. The second-order valence-corrected chi connectivity index (χ2v) is 5.95. The molecule has 0 saturated heterocycles. The molecule has 5 nitrogen and oxygen atoms in total. The summed E-state index contributed by atoms with van der Waals surface area (Å²) in [5, 5.41) is 9.12. The molecule has 26 heavy (non-hydrogen) atoms. The number of hydrogen-bond acceptors (Lipinski definition) is 4. The number of carbonyl (C=O) groups excluding carboxylic acids is 1. The third-order valence-electron chi connectivity index (χ3n) is 4.12. The van der Waals surface area contributed by atoms with E-state index in [1.54, 1.807) is 0 Å². The van der Waals surface area contributed by atoms with Gasteiger partial charge in [-0.15, -0.1) is 0 Å². The SMILES string of the molecule is O=C(CCc1nc(-c2cccc3ccccc23)no1)Nc1ccccc1. The van der Waals surface area contributed by atoms with Crippen LogP contribution in [-0.2, 0) is 11.2 Å². The number of rotatable bonds is 5. The van der Waals surface area contributed by atoms with Gasteiger partial charge in [0.1, 0.15) is 0 Å². The number of para-hydroxylation sites is 1. The minimum absolute atomic E-state index is 0.0823. The van der Waals surface area contributed by atoms with Crippen LogP contribution in [0, 0.1) is 0 Å². The van der Waals surface area contributed by atoms with E-state index < -0.39 is 0 Å². The van der Waals surface area contributed by atoms with E-state index in [9.17, 15) is 4.79 Å². The summed E-state index contributed by atoms with van der Waals surface area (Å²) in [5.41, 5.74) is 1.70. The smallest absolute Gasteiger partial charge is 0.227 e. The summed E-state index contributed by atoms with van der Waals surface area (Å²) in [4.78, 5) is 16.5. The van der Waals surface area contributed by atoms with Crippen molar-refractivity contribution in [1.29, 1.82) is 0 Å². The normalized spacial score (nSPS) is 10.8. The van der Waals surface area contributed by atoms with Crippen LogP contribution in [0.25, 0.3) is 22.2 Å².